The predicted octanol–water partition coefficient (Wildman–Crippen LogP) is 2.03. The summed E-state index contributed by atoms with van der Waals surface area (Å²) >= 11 is 6.14. The molecule has 0 bridgehead atoms. The standard InChI is InChI=1S/C13H19ClN4/c1-9-12(14)15-10(2)16-13(9)18-7-5-17(6-8-18)11-3-4-11/h11H,3-8H2,1-2H3. The van der Waals surface area contributed by atoms with Crippen LogP contribution in [-0.2, 0) is 0 Å². The van der Waals surface area contributed by atoms with Crippen LogP contribution in [0.4, 0.5) is 5.82 Å². The predicted molar refractivity (Wildman–Crippen MR) is 73.3 cm³/mol. The Hall–Kier alpha value is -0.870. The first-order valence-corrected chi connectivity index (χ1v) is 7.02. The Balaban J connectivity index is 1.75. The molecule has 1 saturated heterocycles. The van der Waals surface area contributed by atoms with Gasteiger partial charge in [-0.3, -0.25) is 4.90 Å². The van der Waals surface area contributed by atoms with Gasteiger partial charge in [0.1, 0.15) is 16.8 Å². The number of aryl methyl sites for hydroxylation is 1. The highest BCUT2D eigenvalue weighted by atomic mass is 35.5. The fourth-order valence-corrected chi connectivity index (χ4v) is 2.83. The smallest absolute Gasteiger partial charge is 0.137 e. The Morgan fingerprint density at radius 1 is 1.06 bits per heavy atom. The van der Waals surface area contributed by atoms with Crippen LogP contribution in [0.2, 0.25) is 5.15 Å². The molecular formula is C13H19ClN4. The van der Waals surface area contributed by atoms with E-state index in [4.69, 9.17) is 11.6 Å². The van der Waals surface area contributed by atoms with E-state index in [9.17, 15) is 0 Å². The molecule has 1 aromatic heterocycles. The first-order valence-electron chi connectivity index (χ1n) is 6.65. The SMILES string of the molecule is Cc1nc(Cl)c(C)c(N2CCN(C3CC3)CC2)n1. The van der Waals surface area contributed by atoms with Gasteiger partial charge in [-0.05, 0) is 26.7 Å². The van der Waals surface area contributed by atoms with Gasteiger partial charge in [-0.25, -0.2) is 9.97 Å². The molecule has 0 spiro atoms. The second kappa shape index (κ2) is 4.67. The quantitative estimate of drug-likeness (QED) is 0.767. The summed E-state index contributed by atoms with van der Waals surface area (Å²) in [7, 11) is 0. The van der Waals surface area contributed by atoms with E-state index in [0.717, 1.165) is 49.4 Å². The highest BCUT2D eigenvalue weighted by molar-refractivity contribution is 6.30. The lowest BCUT2D eigenvalue weighted by molar-refractivity contribution is 0.247. The zero-order valence-corrected chi connectivity index (χ0v) is 11.7. The van der Waals surface area contributed by atoms with Gasteiger partial charge in [0.05, 0.1) is 0 Å². The molecule has 3 rings (SSSR count). The van der Waals surface area contributed by atoms with Gasteiger partial charge in [-0.15, -0.1) is 0 Å². The van der Waals surface area contributed by atoms with Crippen LogP contribution in [0.15, 0.2) is 0 Å². The Kier molecular flexibility index (Phi) is 3.16. The summed E-state index contributed by atoms with van der Waals surface area (Å²) in [5.41, 5.74) is 1.00. The van der Waals surface area contributed by atoms with Gasteiger partial charge in [0.25, 0.3) is 0 Å². The largest absolute Gasteiger partial charge is 0.354 e. The van der Waals surface area contributed by atoms with Crippen molar-refractivity contribution in [3.8, 4) is 0 Å². The minimum atomic E-state index is 0.585. The number of aromatic nitrogens is 2. The van der Waals surface area contributed by atoms with Crippen molar-refractivity contribution < 1.29 is 0 Å². The van der Waals surface area contributed by atoms with Gasteiger partial charge >= 0.3 is 0 Å². The number of anilines is 1. The van der Waals surface area contributed by atoms with Gasteiger partial charge in [0.2, 0.25) is 0 Å². The highest BCUT2D eigenvalue weighted by Gasteiger charge is 2.31. The molecule has 1 aliphatic carbocycles. The summed E-state index contributed by atoms with van der Waals surface area (Å²) in [5.74, 6) is 1.77. The molecule has 0 radical (unpaired) electrons. The summed E-state index contributed by atoms with van der Waals surface area (Å²) in [6.45, 7) is 8.28. The van der Waals surface area contributed by atoms with Gasteiger partial charge in [0.15, 0.2) is 0 Å². The molecule has 18 heavy (non-hydrogen) atoms. The maximum atomic E-state index is 6.14. The number of halogens is 1. The lowest BCUT2D eigenvalue weighted by Crippen LogP contribution is -2.47. The first-order chi connectivity index (χ1) is 8.65. The lowest BCUT2D eigenvalue weighted by Gasteiger charge is -2.36. The van der Waals surface area contributed by atoms with Gasteiger partial charge in [0, 0.05) is 37.8 Å². The monoisotopic (exact) mass is 266 g/mol. The van der Waals surface area contributed by atoms with E-state index in [-0.39, 0.29) is 0 Å². The van der Waals surface area contributed by atoms with Crippen molar-refractivity contribution in [1.29, 1.82) is 0 Å². The van der Waals surface area contributed by atoms with E-state index in [2.05, 4.69) is 19.8 Å². The van der Waals surface area contributed by atoms with Crippen molar-refractivity contribution in [2.24, 2.45) is 0 Å². The van der Waals surface area contributed by atoms with E-state index in [1.807, 2.05) is 13.8 Å². The number of piperazine rings is 1. The Morgan fingerprint density at radius 3 is 2.33 bits per heavy atom. The van der Waals surface area contributed by atoms with E-state index in [0.29, 0.717) is 5.15 Å². The van der Waals surface area contributed by atoms with E-state index in [1.165, 1.54) is 12.8 Å². The zero-order valence-electron chi connectivity index (χ0n) is 11.0. The van der Waals surface area contributed by atoms with Crippen molar-refractivity contribution in [3.05, 3.63) is 16.5 Å². The molecule has 0 atom stereocenters. The molecule has 2 heterocycles. The average Bonchev–Trinajstić information content (AvgIpc) is 3.18. The summed E-state index contributed by atoms with van der Waals surface area (Å²) in [6, 6.07) is 0.865. The van der Waals surface area contributed by atoms with E-state index in [1.54, 1.807) is 0 Å². The van der Waals surface area contributed by atoms with Crippen LogP contribution >= 0.6 is 11.6 Å². The number of nitrogens with zero attached hydrogens (tertiary/aromatic N) is 4. The molecule has 2 aliphatic rings. The van der Waals surface area contributed by atoms with Crippen LogP contribution < -0.4 is 4.90 Å². The summed E-state index contributed by atoms with van der Waals surface area (Å²) in [4.78, 5) is 13.7. The molecule has 5 heteroatoms. The molecule has 0 aromatic carbocycles. The third-order valence-corrected chi connectivity index (χ3v) is 4.22. The molecule has 0 amide bonds. The Bertz CT molecular complexity index is 451. The molecule has 0 unspecified atom stereocenters. The minimum Gasteiger partial charge on any atom is -0.354 e. The van der Waals surface area contributed by atoms with Gasteiger partial charge in [-0.2, -0.15) is 0 Å². The molecule has 1 saturated carbocycles. The summed E-state index contributed by atoms with van der Waals surface area (Å²) in [6.07, 6.45) is 2.77. The third kappa shape index (κ3) is 2.31. The summed E-state index contributed by atoms with van der Waals surface area (Å²) < 4.78 is 0. The minimum absolute atomic E-state index is 0.585. The fraction of sp³-hybridized carbons (Fsp3) is 0.692. The molecule has 2 fully saturated rings. The van der Waals surface area contributed by atoms with E-state index < -0.39 is 0 Å². The van der Waals surface area contributed by atoms with Crippen molar-refractivity contribution in [2.75, 3.05) is 31.1 Å². The molecule has 0 N–H and O–H groups in total. The molecule has 1 aromatic rings. The number of hydrogen-bond donors (Lipinski definition) is 0. The second-order valence-electron chi connectivity index (χ2n) is 5.26. The lowest BCUT2D eigenvalue weighted by atomic mass is 10.2. The molecule has 4 nitrogen and oxygen atoms in total. The third-order valence-electron chi connectivity index (χ3n) is 3.85. The topological polar surface area (TPSA) is 32.3 Å². The summed E-state index contributed by atoms with van der Waals surface area (Å²) in [5, 5.41) is 0.585. The number of rotatable bonds is 2. The Morgan fingerprint density at radius 2 is 1.72 bits per heavy atom. The van der Waals surface area contributed by atoms with Crippen molar-refractivity contribution in [3.63, 3.8) is 0 Å². The maximum absolute atomic E-state index is 6.14. The van der Waals surface area contributed by atoms with Crippen LogP contribution in [-0.4, -0.2) is 47.1 Å². The number of hydrogen-bond acceptors (Lipinski definition) is 4. The molecule has 98 valence electrons. The van der Waals surface area contributed by atoms with Crippen LogP contribution in [0.1, 0.15) is 24.2 Å². The normalized spacial score (nSPS) is 21.4. The van der Waals surface area contributed by atoms with Crippen LogP contribution in [0.25, 0.3) is 0 Å². The second-order valence-corrected chi connectivity index (χ2v) is 5.62. The Labute approximate surface area is 113 Å². The molecular weight excluding hydrogens is 248 g/mol. The van der Waals surface area contributed by atoms with Crippen molar-refractivity contribution in [2.45, 2.75) is 32.7 Å². The fourth-order valence-electron chi connectivity index (χ4n) is 2.63. The first kappa shape index (κ1) is 12.2. The van der Waals surface area contributed by atoms with Crippen LogP contribution in [0.3, 0.4) is 0 Å². The van der Waals surface area contributed by atoms with Crippen molar-refractivity contribution >= 4 is 17.4 Å². The van der Waals surface area contributed by atoms with E-state index >= 15 is 0 Å². The van der Waals surface area contributed by atoms with Gasteiger partial charge < -0.3 is 4.90 Å². The van der Waals surface area contributed by atoms with Gasteiger partial charge in [-0.1, -0.05) is 11.6 Å². The van der Waals surface area contributed by atoms with Crippen molar-refractivity contribution in [1.82, 2.24) is 14.9 Å². The average molecular weight is 267 g/mol. The zero-order chi connectivity index (χ0) is 12.7. The van der Waals surface area contributed by atoms with Crippen LogP contribution in [0, 0.1) is 13.8 Å². The molecule has 1 aliphatic heterocycles. The maximum Gasteiger partial charge on any atom is 0.137 e. The highest BCUT2D eigenvalue weighted by Crippen LogP contribution is 2.29. The van der Waals surface area contributed by atoms with Crippen LogP contribution in [0.5, 0.6) is 0 Å².